The number of ether oxygens (including phenoxy) is 3. The van der Waals surface area contributed by atoms with Gasteiger partial charge in [0.2, 0.25) is 0 Å². The summed E-state index contributed by atoms with van der Waals surface area (Å²) in [4.78, 5) is 7.00. The molecule has 6 heteroatoms. The first-order valence-corrected chi connectivity index (χ1v) is 9.98. The van der Waals surface area contributed by atoms with Crippen LogP contribution in [0.2, 0.25) is 0 Å². The standard InChI is InChI=1S/C21H29N3O3/c1-16(23-7-4-3-5-8-23)14-24-15-22-13-18(24)17-11-20-21(12-19(17)25-2)27-10-6-9-26-20/h11-13,15-16H,3-10,14H2,1-2H3/t16-/m1/s1. The average Bonchev–Trinajstić information content (AvgIpc) is 3.03. The lowest BCUT2D eigenvalue weighted by Gasteiger charge is -2.32. The minimum absolute atomic E-state index is 0.477. The number of methoxy groups -OCH3 is 1. The van der Waals surface area contributed by atoms with Gasteiger partial charge in [-0.3, -0.25) is 4.90 Å². The van der Waals surface area contributed by atoms with Crippen molar-refractivity contribution in [2.45, 2.75) is 45.2 Å². The van der Waals surface area contributed by atoms with Crippen molar-refractivity contribution < 1.29 is 14.2 Å². The number of hydrogen-bond donors (Lipinski definition) is 0. The topological polar surface area (TPSA) is 48.8 Å². The summed E-state index contributed by atoms with van der Waals surface area (Å²) in [6.45, 7) is 6.94. The smallest absolute Gasteiger partial charge is 0.164 e. The maximum Gasteiger partial charge on any atom is 0.164 e. The number of fused-ring (bicyclic) bond motifs is 1. The van der Waals surface area contributed by atoms with E-state index in [9.17, 15) is 0 Å². The van der Waals surface area contributed by atoms with Crippen molar-refractivity contribution in [2.75, 3.05) is 33.4 Å². The first-order valence-electron chi connectivity index (χ1n) is 9.98. The molecule has 0 saturated carbocycles. The Bertz CT molecular complexity index is 768. The fourth-order valence-electron chi connectivity index (χ4n) is 4.01. The zero-order valence-corrected chi connectivity index (χ0v) is 16.3. The molecule has 0 radical (unpaired) electrons. The number of nitrogens with zero attached hydrogens (tertiary/aromatic N) is 3. The SMILES string of the molecule is COc1cc2c(cc1-c1cncn1C[C@@H](C)N1CCCCC1)OCCCO2. The molecule has 0 aliphatic carbocycles. The summed E-state index contributed by atoms with van der Waals surface area (Å²) in [5.74, 6) is 2.31. The molecule has 1 saturated heterocycles. The second kappa shape index (κ2) is 8.21. The Balaban J connectivity index is 1.62. The molecular formula is C21H29N3O3. The van der Waals surface area contributed by atoms with Crippen molar-refractivity contribution in [3.63, 3.8) is 0 Å². The predicted octanol–water partition coefficient (Wildman–Crippen LogP) is 3.59. The second-order valence-electron chi connectivity index (χ2n) is 7.43. The number of likely N-dealkylation sites (tertiary alicyclic amines) is 1. The van der Waals surface area contributed by atoms with E-state index in [0.717, 1.165) is 41.5 Å². The van der Waals surface area contributed by atoms with Crippen LogP contribution in [0.5, 0.6) is 17.2 Å². The third-order valence-corrected chi connectivity index (χ3v) is 5.53. The lowest BCUT2D eigenvalue weighted by molar-refractivity contribution is 0.160. The van der Waals surface area contributed by atoms with Gasteiger partial charge in [-0.2, -0.15) is 0 Å². The molecule has 0 bridgehead atoms. The third kappa shape index (κ3) is 3.90. The minimum Gasteiger partial charge on any atom is -0.496 e. The van der Waals surface area contributed by atoms with Crippen molar-refractivity contribution in [3.8, 4) is 28.5 Å². The van der Waals surface area contributed by atoms with Crippen LogP contribution >= 0.6 is 0 Å². The highest BCUT2D eigenvalue weighted by atomic mass is 16.5. The van der Waals surface area contributed by atoms with Gasteiger partial charge in [-0.25, -0.2) is 4.98 Å². The molecule has 1 atom stereocenters. The van der Waals surface area contributed by atoms with Gasteiger partial charge < -0.3 is 18.8 Å². The minimum atomic E-state index is 0.477. The van der Waals surface area contributed by atoms with Gasteiger partial charge in [0, 0.05) is 30.6 Å². The maximum atomic E-state index is 5.88. The zero-order chi connectivity index (χ0) is 18.6. The van der Waals surface area contributed by atoms with E-state index >= 15 is 0 Å². The van der Waals surface area contributed by atoms with E-state index in [2.05, 4.69) is 21.4 Å². The van der Waals surface area contributed by atoms with Gasteiger partial charge in [-0.15, -0.1) is 0 Å². The molecule has 1 fully saturated rings. The Hall–Kier alpha value is -2.21. The Morgan fingerprint density at radius 1 is 1.07 bits per heavy atom. The number of piperidine rings is 1. The van der Waals surface area contributed by atoms with Crippen LogP contribution in [0.4, 0.5) is 0 Å². The van der Waals surface area contributed by atoms with E-state index in [4.69, 9.17) is 14.2 Å². The molecule has 1 aromatic heterocycles. The number of imidazole rings is 1. The Morgan fingerprint density at radius 2 is 1.81 bits per heavy atom. The number of aromatic nitrogens is 2. The van der Waals surface area contributed by atoms with Crippen LogP contribution in [0.15, 0.2) is 24.7 Å². The highest BCUT2D eigenvalue weighted by molar-refractivity contribution is 5.72. The quantitative estimate of drug-likeness (QED) is 0.804. The van der Waals surface area contributed by atoms with Crippen LogP contribution in [0.3, 0.4) is 0 Å². The molecule has 2 aromatic rings. The zero-order valence-electron chi connectivity index (χ0n) is 16.3. The van der Waals surface area contributed by atoms with E-state index in [1.54, 1.807) is 7.11 Å². The fraction of sp³-hybridized carbons (Fsp3) is 0.571. The predicted molar refractivity (Wildman–Crippen MR) is 105 cm³/mol. The van der Waals surface area contributed by atoms with Gasteiger partial charge in [0.1, 0.15) is 5.75 Å². The Kier molecular flexibility index (Phi) is 5.53. The molecule has 6 nitrogen and oxygen atoms in total. The summed E-state index contributed by atoms with van der Waals surface area (Å²) in [5, 5.41) is 0. The van der Waals surface area contributed by atoms with E-state index in [1.165, 1.54) is 32.4 Å². The highest BCUT2D eigenvalue weighted by Gasteiger charge is 2.21. The van der Waals surface area contributed by atoms with Gasteiger partial charge >= 0.3 is 0 Å². The lowest BCUT2D eigenvalue weighted by atomic mass is 10.1. The Labute approximate surface area is 161 Å². The summed E-state index contributed by atoms with van der Waals surface area (Å²) in [6, 6.07) is 4.43. The van der Waals surface area contributed by atoms with Crippen LogP contribution in [0, 0.1) is 0 Å². The lowest BCUT2D eigenvalue weighted by Crippen LogP contribution is -2.39. The maximum absolute atomic E-state index is 5.88. The fourth-order valence-corrected chi connectivity index (χ4v) is 4.01. The monoisotopic (exact) mass is 371 g/mol. The van der Waals surface area contributed by atoms with Crippen LogP contribution in [0.1, 0.15) is 32.6 Å². The molecule has 3 heterocycles. The second-order valence-corrected chi connectivity index (χ2v) is 7.43. The normalized spacial score (nSPS) is 18.7. The number of rotatable bonds is 5. The van der Waals surface area contributed by atoms with Gasteiger partial charge in [0.15, 0.2) is 11.5 Å². The molecule has 27 heavy (non-hydrogen) atoms. The van der Waals surface area contributed by atoms with Crippen molar-refractivity contribution in [1.29, 1.82) is 0 Å². The van der Waals surface area contributed by atoms with Gasteiger partial charge in [-0.1, -0.05) is 6.42 Å². The third-order valence-electron chi connectivity index (χ3n) is 5.53. The number of hydrogen-bond acceptors (Lipinski definition) is 5. The van der Waals surface area contributed by atoms with E-state index < -0.39 is 0 Å². The van der Waals surface area contributed by atoms with Crippen molar-refractivity contribution >= 4 is 0 Å². The molecule has 0 spiro atoms. The molecule has 1 aromatic carbocycles. The highest BCUT2D eigenvalue weighted by Crippen LogP contribution is 2.41. The van der Waals surface area contributed by atoms with Crippen molar-refractivity contribution in [1.82, 2.24) is 14.5 Å². The molecule has 0 N–H and O–H groups in total. The molecular weight excluding hydrogens is 342 g/mol. The first-order chi connectivity index (χ1) is 13.3. The molecule has 0 amide bonds. The summed E-state index contributed by atoms with van der Waals surface area (Å²) < 4.78 is 19.6. The Morgan fingerprint density at radius 3 is 2.56 bits per heavy atom. The average molecular weight is 371 g/mol. The van der Waals surface area contributed by atoms with E-state index in [1.807, 2.05) is 24.7 Å². The summed E-state index contributed by atoms with van der Waals surface area (Å²) in [6.07, 6.45) is 8.67. The largest absolute Gasteiger partial charge is 0.496 e. The van der Waals surface area contributed by atoms with Crippen LogP contribution in [-0.4, -0.2) is 53.9 Å². The summed E-state index contributed by atoms with van der Waals surface area (Å²) in [5.41, 5.74) is 2.04. The van der Waals surface area contributed by atoms with Crippen molar-refractivity contribution in [2.24, 2.45) is 0 Å². The van der Waals surface area contributed by atoms with Crippen molar-refractivity contribution in [3.05, 3.63) is 24.7 Å². The van der Waals surface area contributed by atoms with E-state index in [0.29, 0.717) is 19.3 Å². The van der Waals surface area contributed by atoms with Crippen LogP contribution in [0.25, 0.3) is 11.3 Å². The summed E-state index contributed by atoms with van der Waals surface area (Å²) >= 11 is 0. The first kappa shape index (κ1) is 18.2. The van der Waals surface area contributed by atoms with Gasteiger partial charge in [0.25, 0.3) is 0 Å². The number of benzene rings is 1. The molecule has 0 unspecified atom stereocenters. The van der Waals surface area contributed by atoms with Gasteiger partial charge in [-0.05, 0) is 38.9 Å². The molecule has 146 valence electrons. The molecule has 2 aliphatic heterocycles. The van der Waals surface area contributed by atoms with Crippen LogP contribution in [-0.2, 0) is 6.54 Å². The molecule has 2 aliphatic rings. The van der Waals surface area contributed by atoms with Crippen LogP contribution < -0.4 is 14.2 Å². The molecule has 4 rings (SSSR count). The summed E-state index contributed by atoms with van der Waals surface area (Å²) in [7, 11) is 1.69. The van der Waals surface area contributed by atoms with Gasteiger partial charge in [0.05, 0.1) is 38.5 Å². The van der Waals surface area contributed by atoms with E-state index in [-0.39, 0.29) is 0 Å².